The van der Waals surface area contributed by atoms with Crippen molar-refractivity contribution in [3.8, 4) is 0 Å². The number of hydrogen-bond acceptors (Lipinski definition) is 8. The van der Waals surface area contributed by atoms with Gasteiger partial charge in [-0.15, -0.1) is 0 Å². The number of esters is 1. The number of carbonyl (C=O) groups excluding carboxylic acids is 2. The molecule has 3 aliphatic heterocycles. The predicted octanol–water partition coefficient (Wildman–Crippen LogP) is 1.04. The fraction of sp³-hybridized carbons (Fsp3) is 0.882. The largest absolute Gasteiger partial charge is 0.458 e. The van der Waals surface area contributed by atoms with Crippen LogP contribution in [0.2, 0.25) is 0 Å². The molecule has 148 valence electrons. The van der Waals surface area contributed by atoms with Crippen molar-refractivity contribution in [1.82, 2.24) is 4.90 Å². The number of ether oxygens (including phenoxy) is 6. The molecule has 1 amide bonds. The minimum atomic E-state index is -0.949. The van der Waals surface area contributed by atoms with Crippen LogP contribution in [0.4, 0.5) is 4.79 Å². The molecule has 0 bridgehead atoms. The SMILES string of the molecule is CO[C@@H]1O[C@H]([C@H]2OC(=O)N(C)[C@@H]2C(=O)OC(C)(C)C)[C@H]2OC(C)(C)O[C@@H]12. The number of methoxy groups -OCH3 is 1. The molecule has 0 aromatic rings. The molecule has 9 heteroatoms. The van der Waals surface area contributed by atoms with E-state index in [0.29, 0.717) is 0 Å². The van der Waals surface area contributed by atoms with Crippen LogP contribution in [0.3, 0.4) is 0 Å². The molecule has 0 unspecified atom stereocenters. The Morgan fingerprint density at radius 1 is 1.12 bits per heavy atom. The zero-order chi connectivity index (χ0) is 19.4. The molecule has 6 atom stereocenters. The number of cyclic esters (lactones) is 1. The van der Waals surface area contributed by atoms with E-state index in [1.165, 1.54) is 19.1 Å². The number of nitrogens with zero attached hydrogens (tertiary/aromatic N) is 1. The lowest BCUT2D eigenvalue weighted by atomic mass is 9.99. The number of rotatable bonds is 3. The van der Waals surface area contributed by atoms with E-state index in [9.17, 15) is 9.59 Å². The topological polar surface area (TPSA) is 92.8 Å². The average Bonchev–Trinajstić information content (AvgIpc) is 3.06. The van der Waals surface area contributed by atoms with E-state index in [-0.39, 0.29) is 0 Å². The molecule has 3 heterocycles. The third-order valence-electron chi connectivity index (χ3n) is 4.50. The summed E-state index contributed by atoms with van der Waals surface area (Å²) in [4.78, 5) is 26.0. The van der Waals surface area contributed by atoms with Gasteiger partial charge in [-0.1, -0.05) is 0 Å². The van der Waals surface area contributed by atoms with Crippen molar-refractivity contribution < 1.29 is 38.0 Å². The van der Waals surface area contributed by atoms with Crippen molar-refractivity contribution in [1.29, 1.82) is 0 Å². The van der Waals surface area contributed by atoms with Crippen LogP contribution in [0.15, 0.2) is 0 Å². The average molecular weight is 373 g/mol. The molecule has 3 saturated heterocycles. The van der Waals surface area contributed by atoms with Crippen LogP contribution in [0.1, 0.15) is 34.6 Å². The van der Waals surface area contributed by atoms with Crippen molar-refractivity contribution in [3.05, 3.63) is 0 Å². The summed E-state index contributed by atoms with van der Waals surface area (Å²) in [6.45, 7) is 8.85. The van der Waals surface area contributed by atoms with Gasteiger partial charge in [0.2, 0.25) is 0 Å². The van der Waals surface area contributed by atoms with Gasteiger partial charge in [-0.3, -0.25) is 4.90 Å². The normalized spacial score (nSPS) is 39.0. The number of amides is 1. The molecule has 0 aromatic heterocycles. The van der Waals surface area contributed by atoms with Gasteiger partial charge in [0, 0.05) is 14.2 Å². The van der Waals surface area contributed by atoms with Crippen LogP contribution in [-0.2, 0) is 33.2 Å². The van der Waals surface area contributed by atoms with Gasteiger partial charge in [-0.05, 0) is 34.6 Å². The maximum absolute atomic E-state index is 12.7. The summed E-state index contributed by atoms with van der Waals surface area (Å²) < 4.78 is 33.9. The highest BCUT2D eigenvalue weighted by molar-refractivity contribution is 5.85. The second kappa shape index (κ2) is 6.33. The molecule has 26 heavy (non-hydrogen) atoms. The molecular formula is C17H27NO8. The van der Waals surface area contributed by atoms with E-state index in [1.807, 2.05) is 0 Å². The van der Waals surface area contributed by atoms with E-state index in [1.54, 1.807) is 34.6 Å². The number of hydrogen-bond donors (Lipinski definition) is 0. The summed E-state index contributed by atoms with van der Waals surface area (Å²) in [7, 11) is 2.99. The molecule has 0 spiro atoms. The quantitative estimate of drug-likeness (QED) is 0.678. The standard InChI is InChI=1S/C17H27NO8/c1-16(2,3)26-13(19)8-9(23-15(20)18(8)6)10-11-12(14(21-7)22-10)25-17(4,5)24-11/h8-12,14H,1-7H3/t8-,9-,10+,11+,12+,14+/m0/s1. The van der Waals surface area contributed by atoms with E-state index in [4.69, 9.17) is 28.4 Å². The maximum atomic E-state index is 12.7. The maximum Gasteiger partial charge on any atom is 0.410 e. The molecule has 0 aromatic carbocycles. The summed E-state index contributed by atoms with van der Waals surface area (Å²) in [5, 5.41) is 0. The molecule has 3 fully saturated rings. The Morgan fingerprint density at radius 3 is 2.31 bits per heavy atom. The number of fused-ring (bicyclic) bond motifs is 1. The fourth-order valence-electron chi connectivity index (χ4n) is 3.54. The number of likely N-dealkylation sites (N-methyl/N-ethyl adjacent to an activating group) is 1. The first-order valence-corrected chi connectivity index (χ1v) is 8.64. The predicted molar refractivity (Wildman–Crippen MR) is 87.2 cm³/mol. The van der Waals surface area contributed by atoms with Crippen molar-refractivity contribution in [2.24, 2.45) is 0 Å². The molecule has 0 saturated carbocycles. The third kappa shape index (κ3) is 3.40. The van der Waals surface area contributed by atoms with Crippen LogP contribution in [0.25, 0.3) is 0 Å². The van der Waals surface area contributed by atoms with Crippen LogP contribution < -0.4 is 0 Å². The minimum absolute atomic E-state index is 0.483. The van der Waals surface area contributed by atoms with E-state index < -0.39 is 60.2 Å². The highest BCUT2D eigenvalue weighted by Gasteiger charge is 2.62. The molecule has 0 aliphatic carbocycles. The smallest absolute Gasteiger partial charge is 0.410 e. The van der Waals surface area contributed by atoms with Gasteiger partial charge in [-0.2, -0.15) is 0 Å². The van der Waals surface area contributed by atoms with Gasteiger partial charge < -0.3 is 28.4 Å². The summed E-state index contributed by atoms with van der Waals surface area (Å²) in [5.41, 5.74) is -0.697. The van der Waals surface area contributed by atoms with Gasteiger partial charge in [0.1, 0.15) is 23.9 Å². The van der Waals surface area contributed by atoms with Gasteiger partial charge in [-0.25, -0.2) is 9.59 Å². The minimum Gasteiger partial charge on any atom is -0.458 e. The lowest BCUT2D eigenvalue weighted by Gasteiger charge is -2.30. The fourth-order valence-corrected chi connectivity index (χ4v) is 3.54. The van der Waals surface area contributed by atoms with Crippen molar-refractivity contribution in [3.63, 3.8) is 0 Å². The Morgan fingerprint density at radius 2 is 1.73 bits per heavy atom. The molecule has 9 nitrogen and oxygen atoms in total. The van der Waals surface area contributed by atoms with Crippen LogP contribution in [0, 0.1) is 0 Å². The Bertz CT molecular complexity index is 586. The molecule has 3 aliphatic rings. The lowest BCUT2D eigenvalue weighted by Crippen LogP contribution is -2.51. The summed E-state index contributed by atoms with van der Waals surface area (Å²) in [5.74, 6) is -1.39. The Balaban J connectivity index is 1.86. The molecule has 3 rings (SSSR count). The number of carbonyl (C=O) groups is 2. The van der Waals surface area contributed by atoms with Crippen molar-refractivity contribution in [2.75, 3.05) is 14.2 Å². The molecular weight excluding hydrogens is 346 g/mol. The van der Waals surface area contributed by atoms with Crippen LogP contribution >= 0.6 is 0 Å². The monoisotopic (exact) mass is 373 g/mol. The van der Waals surface area contributed by atoms with Gasteiger partial charge >= 0.3 is 12.1 Å². The van der Waals surface area contributed by atoms with Crippen molar-refractivity contribution >= 4 is 12.1 Å². The van der Waals surface area contributed by atoms with Gasteiger partial charge in [0.25, 0.3) is 0 Å². The zero-order valence-electron chi connectivity index (χ0n) is 16.2. The first-order chi connectivity index (χ1) is 11.9. The Hall–Kier alpha value is -1.42. The first kappa shape index (κ1) is 19.3. The Kier molecular flexibility index (Phi) is 4.71. The zero-order valence-corrected chi connectivity index (χ0v) is 16.2. The second-order valence-electron chi connectivity index (χ2n) is 8.21. The Labute approximate surface area is 152 Å². The van der Waals surface area contributed by atoms with Crippen LogP contribution in [0.5, 0.6) is 0 Å². The van der Waals surface area contributed by atoms with E-state index >= 15 is 0 Å². The second-order valence-corrected chi connectivity index (χ2v) is 8.21. The highest BCUT2D eigenvalue weighted by atomic mass is 16.8. The lowest BCUT2D eigenvalue weighted by molar-refractivity contribution is -0.236. The van der Waals surface area contributed by atoms with E-state index in [0.717, 1.165) is 0 Å². The highest BCUT2D eigenvalue weighted by Crippen LogP contribution is 2.42. The van der Waals surface area contributed by atoms with Crippen LogP contribution in [-0.4, -0.2) is 79.3 Å². The van der Waals surface area contributed by atoms with E-state index in [2.05, 4.69) is 0 Å². The van der Waals surface area contributed by atoms with Gasteiger partial charge in [0.15, 0.2) is 24.2 Å². The van der Waals surface area contributed by atoms with Crippen molar-refractivity contribution in [2.45, 2.75) is 82.8 Å². The summed E-state index contributed by atoms with van der Waals surface area (Å²) >= 11 is 0. The third-order valence-corrected chi connectivity index (χ3v) is 4.50. The molecule has 0 radical (unpaired) electrons. The summed E-state index contributed by atoms with van der Waals surface area (Å²) in [6, 6.07) is -0.949. The first-order valence-electron chi connectivity index (χ1n) is 8.64. The summed E-state index contributed by atoms with van der Waals surface area (Å²) in [6.07, 6.45) is -3.94. The van der Waals surface area contributed by atoms with Gasteiger partial charge in [0.05, 0.1) is 0 Å². The molecule has 0 N–H and O–H groups in total.